The maximum absolute atomic E-state index is 13.2. The van der Waals surface area contributed by atoms with Gasteiger partial charge in [-0.15, -0.1) is 0 Å². The van der Waals surface area contributed by atoms with Gasteiger partial charge in [0, 0.05) is 6.07 Å². The van der Waals surface area contributed by atoms with Gasteiger partial charge in [0.25, 0.3) is 5.91 Å². The number of hydrogen-bond acceptors (Lipinski definition) is 4. The molecule has 1 rings (SSSR count). The molecule has 80 valence electrons. The topological polar surface area (TPSA) is 92.5 Å². The highest BCUT2D eigenvalue weighted by molar-refractivity contribution is 5.94. The van der Waals surface area contributed by atoms with E-state index in [0.29, 0.717) is 12.1 Å². The Kier molecular flexibility index (Phi) is 2.90. The summed E-state index contributed by atoms with van der Waals surface area (Å²) in [6.07, 6.45) is 0. The number of nitrogens with one attached hydrogen (secondary N) is 1. The van der Waals surface area contributed by atoms with Crippen molar-refractivity contribution in [3.8, 4) is 0 Å². The Morgan fingerprint density at radius 1 is 1.47 bits per heavy atom. The molecule has 0 spiro atoms. The molecule has 15 heavy (non-hydrogen) atoms. The standard InChI is InChI=1S/C7H4F2N2O4/c8-3-1-2-4(11(14)15)6(9)5(3)7(12)10-13/h1-2,13H,(H,10,12). The number of carbonyl (C=O) groups excluding carboxylic acids is 1. The van der Waals surface area contributed by atoms with Crippen molar-refractivity contribution >= 4 is 11.6 Å². The Bertz CT molecular complexity index is 435. The molecule has 0 aromatic heterocycles. The number of hydrogen-bond donors (Lipinski definition) is 2. The number of carbonyl (C=O) groups is 1. The van der Waals surface area contributed by atoms with E-state index in [-0.39, 0.29) is 0 Å². The molecular formula is C7H4F2N2O4. The van der Waals surface area contributed by atoms with Crippen LogP contribution < -0.4 is 5.48 Å². The molecule has 0 heterocycles. The van der Waals surface area contributed by atoms with Crippen molar-refractivity contribution in [1.82, 2.24) is 5.48 Å². The van der Waals surface area contributed by atoms with Gasteiger partial charge in [-0.25, -0.2) is 9.87 Å². The normalized spacial score (nSPS) is 9.80. The second-order valence-electron chi connectivity index (χ2n) is 2.45. The predicted octanol–water partition coefficient (Wildman–Crippen LogP) is 0.992. The van der Waals surface area contributed by atoms with Crippen LogP contribution in [0.4, 0.5) is 14.5 Å². The van der Waals surface area contributed by atoms with Gasteiger partial charge < -0.3 is 0 Å². The van der Waals surface area contributed by atoms with Gasteiger partial charge in [0.05, 0.1) is 4.92 Å². The van der Waals surface area contributed by atoms with Crippen molar-refractivity contribution in [3.63, 3.8) is 0 Å². The van der Waals surface area contributed by atoms with Crippen molar-refractivity contribution in [3.05, 3.63) is 39.4 Å². The Labute approximate surface area is 81.2 Å². The van der Waals surface area contributed by atoms with E-state index in [1.54, 1.807) is 0 Å². The second-order valence-corrected chi connectivity index (χ2v) is 2.45. The summed E-state index contributed by atoms with van der Waals surface area (Å²) in [6, 6.07) is 1.14. The molecule has 0 saturated heterocycles. The molecule has 1 aromatic rings. The van der Waals surface area contributed by atoms with Crippen LogP contribution in [0.3, 0.4) is 0 Å². The first-order valence-electron chi connectivity index (χ1n) is 3.56. The molecule has 2 N–H and O–H groups in total. The largest absolute Gasteiger partial charge is 0.305 e. The zero-order chi connectivity index (χ0) is 11.6. The second kappa shape index (κ2) is 3.96. The van der Waals surface area contributed by atoms with Crippen LogP contribution in [0, 0.1) is 21.7 Å². The summed E-state index contributed by atoms with van der Waals surface area (Å²) in [7, 11) is 0. The van der Waals surface area contributed by atoms with Gasteiger partial charge in [-0.1, -0.05) is 0 Å². The molecule has 0 bridgehead atoms. The van der Waals surface area contributed by atoms with Gasteiger partial charge in [0.2, 0.25) is 5.82 Å². The summed E-state index contributed by atoms with van der Waals surface area (Å²) in [5, 5.41) is 18.4. The number of halogens is 2. The molecule has 0 aliphatic rings. The van der Waals surface area contributed by atoms with E-state index in [1.165, 1.54) is 0 Å². The van der Waals surface area contributed by atoms with Crippen LogP contribution in [0.15, 0.2) is 12.1 Å². The fraction of sp³-hybridized carbons (Fsp3) is 0. The van der Waals surface area contributed by atoms with Crippen LogP contribution in [0.2, 0.25) is 0 Å². The lowest BCUT2D eigenvalue weighted by Gasteiger charge is -2.02. The third-order valence-electron chi connectivity index (χ3n) is 1.60. The number of benzene rings is 1. The average molecular weight is 218 g/mol. The third-order valence-corrected chi connectivity index (χ3v) is 1.60. The van der Waals surface area contributed by atoms with Crippen LogP contribution >= 0.6 is 0 Å². The molecule has 0 saturated carbocycles. The molecule has 0 atom stereocenters. The SMILES string of the molecule is O=C(NO)c1c(F)ccc([N+](=O)[O-])c1F. The molecule has 0 aliphatic carbocycles. The monoisotopic (exact) mass is 218 g/mol. The van der Waals surface area contributed by atoms with Gasteiger partial charge in [-0.2, -0.15) is 4.39 Å². The average Bonchev–Trinajstić information content (AvgIpc) is 2.16. The van der Waals surface area contributed by atoms with E-state index in [4.69, 9.17) is 5.21 Å². The molecule has 0 unspecified atom stereocenters. The Balaban J connectivity index is 3.43. The van der Waals surface area contributed by atoms with E-state index in [1.807, 2.05) is 0 Å². The third kappa shape index (κ3) is 1.89. The van der Waals surface area contributed by atoms with E-state index >= 15 is 0 Å². The van der Waals surface area contributed by atoms with Gasteiger partial charge in [0.1, 0.15) is 11.4 Å². The van der Waals surface area contributed by atoms with Crippen molar-refractivity contribution < 1.29 is 23.7 Å². The number of nitrogens with zero attached hydrogens (tertiary/aromatic N) is 1. The minimum absolute atomic E-state index is 0.561. The molecule has 1 amide bonds. The first-order valence-corrected chi connectivity index (χ1v) is 3.56. The van der Waals surface area contributed by atoms with Gasteiger partial charge in [0.15, 0.2) is 0 Å². The molecule has 0 fully saturated rings. The lowest BCUT2D eigenvalue weighted by Crippen LogP contribution is -2.22. The van der Waals surface area contributed by atoms with Crippen molar-refractivity contribution in [2.75, 3.05) is 0 Å². The highest BCUT2D eigenvalue weighted by Crippen LogP contribution is 2.22. The van der Waals surface area contributed by atoms with E-state index < -0.39 is 33.7 Å². The van der Waals surface area contributed by atoms with Crippen LogP contribution in [0.25, 0.3) is 0 Å². The summed E-state index contributed by atoms with van der Waals surface area (Å²) in [4.78, 5) is 19.9. The minimum Gasteiger partial charge on any atom is -0.288 e. The number of nitro groups is 1. The number of rotatable bonds is 2. The molecular weight excluding hydrogens is 214 g/mol. The van der Waals surface area contributed by atoms with Crippen LogP contribution in [0.5, 0.6) is 0 Å². The summed E-state index contributed by atoms with van der Waals surface area (Å²) in [6.45, 7) is 0. The van der Waals surface area contributed by atoms with Crippen LogP contribution in [-0.2, 0) is 0 Å². The van der Waals surface area contributed by atoms with E-state index in [2.05, 4.69) is 0 Å². The zero-order valence-corrected chi connectivity index (χ0v) is 7.03. The predicted molar refractivity (Wildman–Crippen MR) is 42.3 cm³/mol. The molecule has 0 radical (unpaired) electrons. The van der Waals surface area contributed by atoms with Crippen molar-refractivity contribution in [1.29, 1.82) is 0 Å². The molecule has 8 heteroatoms. The van der Waals surface area contributed by atoms with Crippen LogP contribution in [-0.4, -0.2) is 16.0 Å². The molecule has 1 aromatic carbocycles. The summed E-state index contributed by atoms with van der Waals surface area (Å²) in [5.74, 6) is -4.43. The number of nitro benzene ring substituents is 1. The van der Waals surface area contributed by atoms with Crippen molar-refractivity contribution in [2.24, 2.45) is 0 Å². The maximum atomic E-state index is 13.2. The molecule has 6 nitrogen and oxygen atoms in total. The van der Waals surface area contributed by atoms with Gasteiger partial charge in [-0.05, 0) is 6.07 Å². The summed E-state index contributed by atoms with van der Waals surface area (Å²) < 4.78 is 26.1. The minimum atomic E-state index is -1.63. The fourth-order valence-electron chi connectivity index (χ4n) is 0.947. The van der Waals surface area contributed by atoms with Gasteiger partial charge in [-0.3, -0.25) is 20.1 Å². The fourth-order valence-corrected chi connectivity index (χ4v) is 0.947. The Hall–Kier alpha value is -2.09. The summed E-state index contributed by atoms with van der Waals surface area (Å²) in [5.41, 5.74) is -1.26. The first-order chi connectivity index (χ1) is 6.99. The van der Waals surface area contributed by atoms with Crippen molar-refractivity contribution in [2.45, 2.75) is 0 Å². The van der Waals surface area contributed by atoms with Crippen LogP contribution in [0.1, 0.15) is 10.4 Å². The molecule has 0 aliphatic heterocycles. The summed E-state index contributed by atoms with van der Waals surface area (Å²) >= 11 is 0. The highest BCUT2D eigenvalue weighted by atomic mass is 19.1. The van der Waals surface area contributed by atoms with E-state index in [9.17, 15) is 23.7 Å². The zero-order valence-electron chi connectivity index (χ0n) is 7.03. The maximum Gasteiger partial charge on any atom is 0.305 e. The lowest BCUT2D eigenvalue weighted by molar-refractivity contribution is -0.387. The first kappa shape index (κ1) is 11.0. The smallest absolute Gasteiger partial charge is 0.288 e. The quantitative estimate of drug-likeness (QED) is 0.439. The highest BCUT2D eigenvalue weighted by Gasteiger charge is 2.25. The number of hydroxylamine groups is 1. The lowest BCUT2D eigenvalue weighted by atomic mass is 10.1. The Morgan fingerprint density at radius 3 is 2.53 bits per heavy atom. The number of amides is 1. The van der Waals surface area contributed by atoms with Gasteiger partial charge >= 0.3 is 5.69 Å². The van der Waals surface area contributed by atoms with E-state index in [0.717, 1.165) is 5.48 Å². The Morgan fingerprint density at radius 2 is 2.07 bits per heavy atom.